The second kappa shape index (κ2) is 7.91. The topological polar surface area (TPSA) is 133 Å². The zero-order valence-corrected chi connectivity index (χ0v) is 18.3. The van der Waals surface area contributed by atoms with E-state index in [2.05, 4.69) is 41.3 Å². The molecule has 13 heteroatoms. The normalized spacial score (nSPS) is 16.9. The summed E-state index contributed by atoms with van der Waals surface area (Å²) in [5, 5.41) is 5.98. The number of fused-ring (bicyclic) bond motifs is 4. The number of anilines is 3. The Balaban J connectivity index is 2.18. The Morgan fingerprint density at radius 1 is 1.18 bits per heavy atom. The van der Waals surface area contributed by atoms with Gasteiger partial charge in [0, 0.05) is 39.1 Å². The molecule has 10 nitrogen and oxygen atoms in total. The van der Waals surface area contributed by atoms with Crippen LogP contribution < -0.4 is 15.4 Å². The highest BCUT2D eigenvalue weighted by atomic mass is 79.9. The van der Waals surface area contributed by atoms with Gasteiger partial charge in [-0.2, -0.15) is 4.98 Å². The molecular formula is C15H19BrN6O4S2. The van der Waals surface area contributed by atoms with Crippen LogP contribution >= 0.6 is 15.9 Å². The van der Waals surface area contributed by atoms with Crippen LogP contribution in [0.4, 0.5) is 17.5 Å². The van der Waals surface area contributed by atoms with Gasteiger partial charge in [-0.1, -0.05) is 0 Å². The van der Waals surface area contributed by atoms with E-state index in [9.17, 15) is 16.8 Å². The van der Waals surface area contributed by atoms with Crippen molar-refractivity contribution in [3.63, 3.8) is 0 Å². The summed E-state index contributed by atoms with van der Waals surface area (Å²) in [4.78, 5) is 8.16. The van der Waals surface area contributed by atoms with Gasteiger partial charge in [0.15, 0.2) is 0 Å². The van der Waals surface area contributed by atoms with Crippen LogP contribution in [0.2, 0.25) is 0 Å². The fraction of sp³-hybridized carbons (Fsp3) is 0.333. The lowest BCUT2D eigenvalue weighted by Crippen LogP contribution is -2.27. The Morgan fingerprint density at radius 3 is 2.64 bits per heavy atom. The van der Waals surface area contributed by atoms with Gasteiger partial charge in [-0.3, -0.25) is 0 Å². The molecule has 1 aliphatic rings. The smallest absolute Gasteiger partial charge is 0.242 e. The van der Waals surface area contributed by atoms with Crippen LogP contribution in [0.25, 0.3) is 0 Å². The van der Waals surface area contributed by atoms with E-state index in [1.165, 1.54) is 26.2 Å². The number of aromatic nitrogens is 2. The van der Waals surface area contributed by atoms with E-state index >= 15 is 0 Å². The molecule has 0 amide bonds. The van der Waals surface area contributed by atoms with Gasteiger partial charge >= 0.3 is 0 Å². The molecule has 1 aliphatic heterocycles. The molecule has 1 aromatic heterocycles. The van der Waals surface area contributed by atoms with Crippen molar-refractivity contribution < 1.29 is 16.8 Å². The van der Waals surface area contributed by atoms with E-state index in [1.807, 2.05) is 0 Å². The summed E-state index contributed by atoms with van der Waals surface area (Å²) >= 11 is 3.36. The highest BCUT2D eigenvalue weighted by molar-refractivity contribution is 9.10. The molecule has 152 valence electrons. The van der Waals surface area contributed by atoms with Crippen LogP contribution in [0.15, 0.2) is 38.7 Å². The van der Waals surface area contributed by atoms with E-state index < -0.39 is 20.0 Å². The predicted octanol–water partition coefficient (Wildman–Crippen LogP) is 1.33. The molecule has 0 atom stereocenters. The monoisotopic (exact) mass is 490 g/mol. The number of sulfonamides is 2. The average Bonchev–Trinajstić information content (AvgIpc) is 2.63. The van der Waals surface area contributed by atoms with Crippen molar-refractivity contribution in [2.24, 2.45) is 0 Å². The Hall–Kier alpha value is -1.80. The van der Waals surface area contributed by atoms with Crippen LogP contribution in [0.3, 0.4) is 0 Å². The Labute approximate surface area is 172 Å². The van der Waals surface area contributed by atoms with Gasteiger partial charge in [-0.15, -0.1) is 0 Å². The summed E-state index contributed by atoms with van der Waals surface area (Å²) in [5.74, 6) is 0.734. The standard InChI is InChI=1S/C15H19BrN6O4S2/c1-22(2)28(25,26)12-7-10-6-11(8-12)27(23,24)19-5-3-4-17-14-13(16)9-18-15(20-10)21-14/h6-9,19H,3-5H2,1-2H3,(H2,17,18,20,21). The quantitative estimate of drug-likeness (QED) is 0.573. The van der Waals surface area contributed by atoms with Gasteiger partial charge in [0.25, 0.3) is 0 Å². The van der Waals surface area contributed by atoms with Crippen molar-refractivity contribution in [1.82, 2.24) is 19.0 Å². The van der Waals surface area contributed by atoms with Crippen LogP contribution in [0.1, 0.15) is 6.42 Å². The number of rotatable bonds is 2. The molecule has 28 heavy (non-hydrogen) atoms. The summed E-state index contributed by atoms with van der Waals surface area (Å²) in [6.07, 6.45) is 2.05. The lowest BCUT2D eigenvalue weighted by atomic mass is 10.3. The van der Waals surface area contributed by atoms with Gasteiger partial charge < -0.3 is 10.6 Å². The van der Waals surface area contributed by atoms with Crippen molar-refractivity contribution in [2.75, 3.05) is 37.8 Å². The molecule has 3 rings (SSSR count). The number of benzene rings is 1. The first-order valence-corrected chi connectivity index (χ1v) is 11.9. The summed E-state index contributed by atoms with van der Waals surface area (Å²) in [7, 11) is -5.01. The summed E-state index contributed by atoms with van der Waals surface area (Å²) in [6.45, 7) is 0.660. The molecule has 0 saturated heterocycles. The predicted molar refractivity (Wildman–Crippen MR) is 109 cm³/mol. The highest BCUT2D eigenvalue weighted by Gasteiger charge is 2.23. The second-order valence-electron chi connectivity index (χ2n) is 6.17. The first kappa shape index (κ1) is 20.9. The molecule has 3 N–H and O–H groups in total. The lowest BCUT2D eigenvalue weighted by Gasteiger charge is -2.15. The Kier molecular flexibility index (Phi) is 5.91. The maximum absolute atomic E-state index is 12.7. The third-order valence-corrected chi connectivity index (χ3v) is 7.72. The minimum atomic E-state index is -3.90. The summed E-state index contributed by atoms with van der Waals surface area (Å²) in [5.41, 5.74) is 0.232. The highest BCUT2D eigenvalue weighted by Crippen LogP contribution is 2.27. The van der Waals surface area contributed by atoms with Crippen LogP contribution in [0, 0.1) is 0 Å². The molecule has 2 heterocycles. The minimum absolute atomic E-state index is 0.159. The number of nitrogens with zero attached hydrogens (tertiary/aromatic N) is 3. The van der Waals surface area contributed by atoms with Gasteiger partial charge in [-0.25, -0.2) is 30.8 Å². The van der Waals surface area contributed by atoms with Crippen LogP contribution in [-0.4, -0.2) is 58.3 Å². The van der Waals surface area contributed by atoms with E-state index in [0.29, 0.717) is 23.3 Å². The summed E-state index contributed by atoms with van der Waals surface area (Å²) in [6, 6.07) is 3.81. The second-order valence-corrected chi connectivity index (χ2v) is 10.9. The van der Waals surface area contributed by atoms with Crippen molar-refractivity contribution in [3.8, 4) is 0 Å². The van der Waals surface area contributed by atoms with E-state index in [4.69, 9.17) is 0 Å². The molecule has 0 saturated carbocycles. The van der Waals surface area contributed by atoms with E-state index in [1.54, 1.807) is 6.20 Å². The number of hydrogen-bond donors (Lipinski definition) is 3. The van der Waals surface area contributed by atoms with Crippen LogP contribution in [0.5, 0.6) is 0 Å². The van der Waals surface area contributed by atoms with Gasteiger partial charge in [-0.05, 0) is 40.5 Å². The maximum Gasteiger partial charge on any atom is 0.242 e. The van der Waals surface area contributed by atoms with E-state index in [-0.39, 0.29) is 28.0 Å². The molecule has 0 spiro atoms. The summed E-state index contributed by atoms with van der Waals surface area (Å²) < 4.78 is 54.6. The third-order valence-electron chi connectivity index (χ3n) is 3.91. The van der Waals surface area contributed by atoms with E-state index in [0.717, 1.165) is 10.4 Å². The largest absolute Gasteiger partial charge is 0.369 e. The third kappa shape index (κ3) is 4.43. The van der Waals surface area contributed by atoms with Crippen molar-refractivity contribution in [3.05, 3.63) is 28.9 Å². The molecule has 4 bridgehead atoms. The number of halogens is 1. The van der Waals surface area contributed by atoms with Crippen LogP contribution in [-0.2, 0) is 20.0 Å². The fourth-order valence-corrected chi connectivity index (χ4v) is 4.95. The molecular weight excluding hydrogens is 472 g/mol. The first-order chi connectivity index (χ1) is 13.1. The molecule has 2 aromatic rings. The Morgan fingerprint density at radius 2 is 1.93 bits per heavy atom. The molecule has 0 radical (unpaired) electrons. The minimum Gasteiger partial charge on any atom is -0.369 e. The van der Waals surface area contributed by atoms with Gasteiger partial charge in [0.1, 0.15) is 5.82 Å². The zero-order valence-electron chi connectivity index (χ0n) is 15.1. The van der Waals surface area contributed by atoms with Crippen molar-refractivity contribution in [1.29, 1.82) is 0 Å². The fourth-order valence-electron chi connectivity index (χ4n) is 2.42. The Bertz CT molecular complexity index is 1110. The van der Waals surface area contributed by atoms with Crippen molar-refractivity contribution >= 4 is 53.4 Å². The molecule has 0 unspecified atom stereocenters. The SMILES string of the molecule is CN(C)S(=O)(=O)c1cc2cc(c1)S(=O)(=O)NCCCNc1nc(ncc1Br)N2. The zero-order chi connectivity index (χ0) is 20.5. The molecule has 0 fully saturated rings. The average molecular weight is 491 g/mol. The first-order valence-electron chi connectivity index (χ1n) is 8.20. The number of nitrogens with one attached hydrogen (secondary N) is 3. The van der Waals surface area contributed by atoms with Gasteiger partial charge in [0.2, 0.25) is 26.0 Å². The lowest BCUT2D eigenvalue weighted by molar-refractivity contribution is 0.520. The molecule has 1 aromatic carbocycles. The van der Waals surface area contributed by atoms with Gasteiger partial charge in [0.05, 0.1) is 14.3 Å². The number of hydrogen-bond acceptors (Lipinski definition) is 8. The van der Waals surface area contributed by atoms with Crippen molar-refractivity contribution in [2.45, 2.75) is 16.2 Å². The molecule has 0 aliphatic carbocycles. The maximum atomic E-state index is 12.7.